The monoisotopic (exact) mass is 363 g/mol. The minimum Gasteiger partial charge on any atom is -0.460 e. The van der Waals surface area contributed by atoms with E-state index in [-0.39, 0.29) is 18.9 Å². The normalized spacial score (nSPS) is 17.2. The van der Waals surface area contributed by atoms with Crippen LogP contribution in [-0.2, 0) is 20.9 Å². The molecule has 0 unspecified atom stereocenters. The highest BCUT2D eigenvalue weighted by Crippen LogP contribution is 2.28. The summed E-state index contributed by atoms with van der Waals surface area (Å²) in [6.45, 7) is 0.311. The van der Waals surface area contributed by atoms with Gasteiger partial charge in [-0.2, -0.15) is 0 Å². The van der Waals surface area contributed by atoms with Crippen LogP contribution >= 0.6 is 23.2 Å². The average Bonchev–Trinajstić information content (AvgIpc) is 2.97. The molecule has 1 atom stereocenters. The van der Waals surface area contributed by atoms with Gasteiger partial charge in [-0.25, -0.2) is 0 Å². The van der Waals surface area contributed by atoms with Crippen molar-refractivity contribution in [2.24, 2.45) is 5.92 Å². The zero-order valence-corrected chi connectivity index (χ0v) is 14.3. The quantitative estimate of drug-likeness (QED) is 0.768. The number of esters is 1. The number of rotatable bonds is 4. The van der Waals surface area contributed by atoms with Crippen molar-refractivity contribution in [2.45, 2.75) is 13.0 Å². The van der Waals surface area contributed by atoms with Crippen molar-refractivity contribution in [1.82, 2.24) is 0 Å². The molecule has 1 fully saturated rings. The van der Waals surface area contributed by atoms with Crippen molar-refractivity contribution in [2.75, 3.05) is 11.4 Å². The third kappa shape index (κ3) is 3.55. The van der Waals surface area contributed by atoms with E-state index in [9.17, 15) is 9.59 Å². The van der Waals surface area contributed by atoms with Gasteiger partial charge in [0.15, 0.2) is 0 Å². The fourth-order valence-corrected chi connectivity index (χ4v) is 3.16. The lowest BCUT2D eigenvalue weighted by atomic mass is 10.1. The molecule has 0 N–H and O–H groups in total. The number of nitrogens with zero attached hydrogens (tertiary/aromatic N) is 1. The van der Waals surface area contributed by atoms with Crippen molar-refractivity contribution in [3.8, 4) is 0 Å². The number of halogens is 2. The first-order valence-electron chi connectivity index (χ1n) is 7.51. The van der Waals surface area contributed by atoms with Crippen LogP contribution in [-0.4, -0.2) is 18.4 Å². The molecule has 1 aliphatic rings. The minimum atomic E-state index is -0.487. The van der Waals surface area contributed by atoms with Gasteiger partial charge in [0.05, 0.1) is 5.92 Å². The van der Waals surface area contributed by atoms with Gasteiger partial charge in [0.2, 0.25) is 5.91 Å². The van der Waals surface area contributed by atoms with E-state index in [1.54, 1.807) is 23.1 Å². The van der Waals surface area contributed by atoms with E-state index in [1.807, 2.05) is 30.3 Å². The summed E-state index contributed by atoms with van der Waals surface area (Å²) in [5.74, 6) is -0.990. The lowest BCUT2D eigenvalue weighted by molar-refractivity contribution is -0.149. The van der Waals surface area contributed by atoms with Gasteiger partial charge in [-0.3, -0.25) is 9.59 Å². The average molecular weight is 364 g/mol. The second-order valence-corrected chi connectivity index (χ2v) is 6.36. The molecule has 1 heterocycles. The van der Waals surface area contributed by atoms with Gasteiger partial charge in [0.1, 0.15) is 6.61 Å². The summed E-state index contributed by atoms with van der Waals surface area (Å²) in [6, 6.07) is 14.4. The van der Waals surface area contributed by atoms with Crippen molar-refractivity contribution in [3.05, 3.63) is 64.1 Å². The molecular weight excluding hydrogens is 349 g/mol. The van der Waals surface area contributed by atoms with E-state index in [2.05, 4.69) is 0 Å². The summed E-state index contributed by atoms with van der Waals surface area (Å²) in [5, 5.41) is 0.896. The molecular formula is C18H15Cl2NO3. The van der Waals surface area contributed by atoms with E-state index >= 15 is 0 Å². The van der Waals surface area contributed by atoms with E-state index in [0.29, 0.717) is 22.2 Å². The predicted octanol–water partition coefficient (Wildman–Crippen LogP) is 4.09. The predicted molar refractivity (Wildman–Crippen MR) is 93.2 cm³/mol. The first kappa shape index (κ1) is 16.8. The van der Waals surface area contributed by atoms with Crippen molar-refractivity contribution in [3.63, 3.8) is 0 Å². The SMILES string of the molecule is O=C(OCc1c(Cl)cccc1Cl)[C@@H]1CC(=O)N(c2ccccc2)C1. The van der Waals surface area contributed by atoms with Crippen LogP contribution < -0.4 is 4.90 Å². The molecule has 1 saturated heterocycles. The molecule has 6 heteroatoms. The Morgan fingerprint density at radius 3 is 2.42 bits per heavy atom. The molecule has 0 saturated carbocycles. The lowest BCUT2D eigenvalue weighted by Crippen LogP contribution is -2.26. The Kier molecular flexibility index (Phi) is 5.07. The van der Waals surface area contributed by atoms with E-state index in [0.717, 1.165) is 5.69 Å². The van der Waals surface area contributed by atoms with Crippen LogP contribution in [0.2, 0.25) is 10.0 Å². The topological polar surface area (TPSA) is 46.6 Å². The molecule has 2 aromatic rings. The molecule has 0 aromatic heterocycles. The third-order valence-electron chi connectivity index (χ3n) is 3.95. The highest BCUT2D eigenvalue weighted by atomic mass is 35.5. The Balaban J connectivity index is 1.63. The molecule has 2 aromatic carbocycles. The highest BCUT2D eigenvalue weighted by Gasteiger charge is 2.36. The fraction of sp³-hybridized carbons (Fsp3) is 0.222. The summed E-state index contributed by atoms with van der Waals surface area (Å²) in [7, 11) is 0. The molecule has 4 nitrogen and oxygen atoms in total. The summed E-state index contributed by atoms with van der Waals surface area (Å²) >= 11 is 12.1. The standard InChI is InChI=1S/C18H15Cl2NO3/c19-15-7-4-8-16(20)14(15)11-24-18(23)12-9-17(22)21(10-12)13-5-2-1-3-6-13/h1-8,12H,9-11H2/t12-/m1/s1. The molecule has 1 aliphatic heterocycles. The maximum absolute atomic E-state index is 12.3. The van der Waals surface area contributed by atoms with E-state index < -0.39 is 11.9 Å². The molecule has 3 rings (SSSR count). The van der Waals surface area contributed by atoms with Crippen molar-refractivity contribution >= 4 is 40.8 Å². The Morgan fingerprint density at radius 1 is 1.08 bits per heavy atom. The highest BCUT2D eigenvalue weighted by molar-refractivity contribution is 6.35. The van der Waals surface area contributed by atoms with Crippen LogP contribution in [0.1, 0.15) is 12.0 Å². The summed E-state index contributed by atoms with van der Waals surface area (Å²) in [4.78, 5) is 26.0. The zero-order valence-electron chi connectivity index (χ0n) is 12.7. The van der Waals surface area contributed by atoms with Gasteiger partial charge in [0.25, 0.3) is 0 Å². The first-order valence-corrected chi connectivity index (χ1v) is 8.27. The van der Waals surface area contributed by atoms with Crippen LogP contribution in [0.25, 0.3) is 0 Å². The van der Waals surface area contributed by atoms with Crippen LogP contribution in [0.5, 0.6) is 0 Å². The third-order valence-corrected chi connectivity index (χ3v) is 4.65. The molecule has 1 amide bonds. The van der Waals surface area contributed by atoms with Gasteiger partial charge >= 0.3 is 5.97 Å². The first-order chi connectivity index (χ1) is 11.6. The number of ether oxygens (including phenoxy) is 1. The zero-order chi connectivity index (χ0) is 17.1. The number of hydrogen-bond acceptors (Lipinski definition) is 3. The van der Waals surface area contributed by atoms with Gasteiger partial charge in [-0.05, 0) is 24.3 Å². The lowest BCUT2D eigenvalue weighted by Gasteiger charge is -2.16. The van der Waals surface area contributed by atoms with Gasteiger partial charge in [-0.1, -0.05) is 47.5 Å². The van der Waals surface area contributed by atoms with Gasteiger partial charge in [0, 0.05) is 34.3 Å². The minimum absolute atomic E-state index is 0.00658. The number of benzene rings is 2. The van der Waals surface area contributed by atoms with E-state index in [1.165, 1.54) is 0 Å². The van der Waals surface area contributed by atoms with Crippen LogP contribution in [0.3, 0.4) is 0 Å². The number of hydrogen-bond donors (Lipinski definition) is 0. The van der Waals surface area contributed by atoms with Crippen LogP contribution in [0, 0.1) is 5.92 Å². The Bertz CT molecular complexity index is 744. The second kappa shape index (κ2) is 7.24. The number of para-hydroxylation sites is 1. The molecule has 124 valence electrons. The number of carbonyl (C=O) groups excluding carboxylic acids is 2. The Hall–Kier alpha value is -2.04. The molecule has 0 bridgehead atoms. The molecule has 24 heavy (non-hydrogen) atoms. The van der Waals surface area contributed by atoms with Gasteiger partial charge in [-0.15, -0.1) is 0 Å². The molecule has 0 radical (unpaired) electrons. The van der Waals surface area contributed by atoms with Crippen molar-refractivity contribution in [1.29, 1.82) is 0 Å². The Morgan fingerprint density at radius 2 is 1.75 bits per heavy atom. The van der Waals surface area contributed by atoms with Crippen LogP contribution in [0.4, 0.5) is 5.69 Å². The molecule has 0 spiro atoms. The Labute approximate surface area is 149 Å². The summed E-state index contributed by atoms with van der Waals surface area (Å²) < 4.78 is 5.32. The fourth-order valence-electron chi connectivity index (χ4n) is 2.65. The number of amides is 1. The summed E-state index contributed by atoms with van der Waals surface area (Å²) in [6.07, 6.45) is 0.143. The molecule has 0 aliphatic carbocycles. The number of anilines is 1. The van der Waals surface area contributed by atoms with Crippen molar-refractivity contribution < 1.29 is 14.3 Å². The van der Waals surface area contributed by atoms with E-state index in [4.69, 9.17) is 27.9 Å². The number of carbonyl (C=O) groups is 2. The van der Waals surface area contributed by atoms with Gasteiger partial charge < -0.3 is 9.64 Å². The largest absolute Gasteiger partial charge is 0.460 e. The summed E-state index contributed by atoms with van der Waals surface area (Å²) in [5.41, 5.74) is 1.35. The smallest absolute Gasteiger partial charge is 0.311 e. The maximum Gasteiger partial charge on any atom is 0.311 e. The maximum atomic E-state index is 12.3. The van der Waals surface area contributed by atoms with Crippen LogP contribution in [0.15, 0.2) is 48.5 Å². The second-order valence-electron chi connectivity index (χ2n) is 5.55.